The molecule has 1 aliphatic heterocycles. The Labute approximate surface area is 122 Å². The van der Waals surface area contributed by atoms with E-state index in [4.69, 9.17) is 0 Å². The van der Waals surface area contributed by atoms with Crippen LogP contribution in [0.5, 0.6) is 0 Å². The molecule has 1 heterocycles. The first-order chi connectivity index (χ1) is 9.73. The number of benzene rings is 1. The van der Waals surface area contributed by atoms with E-state index in [-0.39, 0.29) is 11.5 Å². The molecule has 1 saturated heterocycles. The Morgan fingerprint density at radius 1 is 1.10 bits per heavy atom. The van der Waals surface area contributed by atoms with Gasteiger partial charge in [-0.3, -0.25) is 0 Å². The second-order valence-corrected chi connectivity index (χ2v) is 6.77. The van der Waals surface area contributed by atoms with Crippen molar-refractivity contribution in [2.24, 2.45) is 5.92 Å². The first-order valence-electron chi connectivity index (χ1n) is 8.15. The van der Waals surface area contributed by atoms with Gasteiger partial charge in [0.05, 0.1) is 6.10 Å². The maximum absolute atomic E-state index is 11.0. The monoisotopic (exact) mass is 273 g/mol. The van der Waals surface area contributed by atoms with Crippen molar-refractivity contribution in [2.75, 3.05) is 20.1 Å². The standard InChI is InChI=1S/C18H27NO/c1-19-13-12-18(17(20)14-19,15-8-4-2-5-9-15)16-10-6-3-7-11-16/h2,4-5,8-9,16-17,20H,3,6-7,10-14H2,1H3. The average Bonchev–Trinajstić information content (AvgIpc) is 2.50. The van der Waals surface area contributed by atoms with E-state index in [1.54, 1.807) is 0 Å². The summed E-state index contributed by atoms with van der Waals surface area (Å²) in [4.78, 5) is 2.27. The fourth-order valence-corrected chi connectivity index (χ4v) is 4.51. The van der Waals surface area contributed by atoms with Crippen LogP contribution in [-0.2, 0) is 5.41 Å². The molecule has 1 saturated carbocycles. The van der Waals surface area contributed by atoms with E-state index in [1.165, 1.54) is 37.7 Å². The summed E-state index contributed by atoms with van der Waals surface area (Å²) in [5.41, 5.74) is 1.36. The molecule has 2 nitrogen and oxygen atoms in total. The van der Waals surface area contributed by atoms with E-state index in [0.717, 1.165) is 19.5 Å². The summed E-state index contributed by atoms with van der Waals surface area (Å²) >= 11 is 0. The molecular weight excluding hydrogens is 246 g/mol. The van der Waals surface area contributed by atoms with Gasteiger partial charge in [-0.25, -0.2) is 0 Å². The molecule has 1 N–H and O–H groups in total. The largest absolute Gasteiger partial charge is 0.391 e. The van der Waals surface area contributed by atoms with Crippen LogP contribution >= 0.6 is 0 Å². The van der Waals surface area contributed by atoms with Gasteiger partial charge in [0.1, 0.15) is 0 Å². The smallest absolute Gasteiger partial charge is 0.0766 e. The van der Waals surface area contributed by atoms with Crippen LogP contribution < -0.4 is 0 Å². The molecule has 2 fully saturated rings. The zero-order chi connectivity index (χ0) is 14.0. The van der Waals surface area contributed by atoms with Gasteiger partial charge in [-0.05, 0) is 44.3 Å². The van der Waals surface area contributed by atoms with Crippen molar-refractivity contribution in [3.05, 3.63) is 35.9 Å². The van der Waals surface area contributed by atoms with Crippen LogP contribution in [0.4, 0.5) is 0 Å². The second kappa shape index (κ2) is 5.87. The van der Waals surface area contributed by atoms with Gasteiger partial charge in [0, 0.05) is 12.0 Å². The molecule has 0 amide bonds. The first-order valence-corrected chi connectivity index (χ1v) is 8.15. The minimum atomic E-state index is -0.230. The van der Waals surface area contributed by atoms with E-state index >= 15 is 0 Å². The molecule has 110 valence electrons. The summed E-state index contributed by atoms with van der Waals surface area (Å²) in [6.07, 6.45) is 7.48. The van der Waals surface area contributed by atoms with Crippen LogP contribution in [0.2, 0.25) is 0 Å². The number of likely N-dealkylation sites (N-methyl/N-ethyl adjacent to an activating group) is 1. The Hall–Kier alpha value is -0.860. The third-order valence-electron chi connectivity index (χ3n) is 5.63. The zero-order valence-electron chi connectivity index (χ0n) is 12.6. The Morgan fingerprint density at radius 3 is 2.45 bits per heavy atom. The first kappa shape index (κ1) is 14.1. The second-order valence-electron chi connectivity index (χ2n) is 6.77. The number of aliphatic hydroxyl groups is 1. The SMILES string of the molecule is CN1CCC(c2ccccc2)(C2CCCCC2)C(O)C1. The minimum Gasteiger partial charge on any atom is -0.391 e. The molecule has 1 aromatic rings. The van der Waals surface area contributed by atoms with Gasteiger partial charge in [-0.2, -0.15) is 0 Å². The Bertz CT molecular complexity index is 426. The summed E-state index contributed by atoms with van der Waals surface area (Å²) in [6.45, 7) is 1.91. The molecule has 2 aliphatic rings. The summed E-state index contributed by atoms with van der Waals surface area (Å²) in [6, 6.07) is 10.8. The number of rotatable bonds is 2. The van der Waals surface area contributed by atoms with E-state index in [1.807, 2.05) is 0 Å². The van der Waals surface area contributed by atoms with Gasteiger partial charge < -0.3 is 10.0 Å². The van der Waals surface area contributed by atoms with Gasteiger partial charge in [0.2, 0.25) is 0 Å². The van der Waals surface area contributed by atoms with Crippen molar-refractivity contribution in [1.29, 1.82) is 0 Å². The van der Waals surface area contributed by atoms with Gasteiger partial charge in [-0.15, -0.1) is 0 Å². The lowest BCUT2D eigenvalue weighted by Gasteiger charge is -2.51. The number of nitrogens with zero attached hydrogens (tertiary/aromatic N) is 1. The third kappa shape index (κ3) is 2.40. The van der Waals surface area contributed by atoms with Gasteiger partial charge >= 0.3 is 0 Å². The van der Waals surface area contributed by atoms with Gasteiger partial charge in [0.15, 0.2) is 0 Å². The van der Waals surface area contributed by atoms with Crippen molar-refractivity contribution < 1.29 is 5.11 Å². The zero-order valence-corrected chi connectivity index (χ0v) is 12.6. The van der Waals surface area contributed by atoms with Crippen LogP contribution in [0.1, 0.15) is 44.1 Å². The quantitative estimate of drug-likeness (QED) is 0.894. The molecule has 2 unspecified atom stereocenters. The number of aliphatic hydroxyl groups excluding tert-OH is 1. The molecule has 20 heavy (non-hydrogen) atoms. The maximum atomic E-state index is 11.0. The molecule has 0 radical (unpaired) electrons. The van der Waals surface area contributed by atoms with Crippen LogP contribution in [0.25, 0.3) is 0 Å². The molecule has 3 rings (SSSR count). The topological polar surface area (TPSA) is 23.5 Å². The predicted molar refractivity (Wildman–Crippen MR) is 82.8 cm³/mol. The molecule has 0 bridgehead atoms. The van der Waals surface area contributed by atoms with E-state index in [9.17, 15) is 5.11 Å². The number of hydrogen-bond acceptors (Lipinski definition) is 2. The molecule has 0 spiro atoms. The van der Waals surface area contributed by atoms with Crippen molar-refractivity contribution in [1.82, 2.24) is 4.90 Å². The molecule has 1 aliphatic carbocycles. The number of hydrogen-bond donors (Lipinski definition) is 1. The van der Waals surface area contributed by atoms with E-state index in [0.29, 0.717) is 5.92 Å². The van der Waals surface area contributed by atoms with Gasteiger partial charge in [-0.1, -0.05) is 49.6 Å². The highest BCUT2D eigenvalue weighted by molar-refractivity contribution is 5.30. The fourth-order valence-electron chi connectivity index (χ4n) is 4.51. The molecular formula is C18H27NO. The Morgan fingerprint density at radius 2 is 1.80 bits per heavy atom. The van der Waals surface area contributed by atoms with E-state index in [2.05, 4.69) is 42.3 Å². The summed E-state index contributed by atoms with van der Waals surface area (Å²) in [5, 5.41) is 11.0. The number of piperidine rings is 1. The van der Waals surface area contributed by atoms with Crippen molar-refractivity contribution in [3.8, 4) is 0 Å². The summed E-state index contributed by atoms with van der Waals surface area (Å²) < 4.78 is 0. The van der Waals surface area contributed by atoms with Crippen molar-refractivity contribution in [2.45, 2.75) is 50.0 Å². The molecule has 1 aromatic carbocycles. The molecule has 0 aromatic heterocycles. The lowest BCUT2D eigenvalue weighted by Crippen LogP contribution is -2.56. The summed E-state index contributed by atoms with van der Waals surface area (Å²) in [5.74, 6) is 0.655. The number of likely N-dealkylation sites (tertiary alicyclic amines) is 1. The number of β-amino-alcohol motifs (C(OH)–C–C–N with tert-alkyl or cyclic N) is 1. The van der Waals surface area contributed by atoms with Gasteiger partial charge in [0.25, 0.3) is 0 Å². The predicted octanol–water partition coefficient (Wildman–Crippen LogP) is 3.20. The average molecular weight is 273 g/mol. The maximum Gasteiger partial charge on any atom is 0.0766 e. The molecule has 2 atom stereocenters. The van der Waals surface area contributed by atoms with Crippen molar-refractivity contribution in [3.63, 3.8) is 0 Å². The highest BCUT2D eigenvalue weighted by Crippen LogP contribution is 2.47. The van der Waals surface area contributed by atoms with Crippen LogP contribution in [-0.4, -0.2) is 36.2 Å². The Kier molecular flexibility index (Phi) is 4.13. The lowest BCUT2D eigenvalue weighted by atomic mass is 9.59. The Balaban J connectivity index is 1.98. The van der Waals surface area contributed by atoms with Crippen molar-refractivity contribution >= 4 is 0 Å². The van der Waals surface area contributed by atoms with Crippen LogP contribution in [0, 0.1) is 5.92 Å². The highest BCUT2D eigenvalue weighted by Gasteiger charge is 2.48. The minimum absolute atomic E-state index is 0.00576. The van der Waals surface area contributed by atoms with Crippen LogP contribution in [0.15, 0.2) is 30.3 Å². The third-order valence-corrected chi connectivity index (χ3v) is 5.63. The lowest BCUT2D eigenvalue weighted by molar-refractivity contribution is -0.0312. The fraction of sp³-hybridized carbons (Fsp3) is 0.667. The molecule has 2 heteroatoms. The normalized spacial score (nSPS) is 33.2. The van der Waals surface area contributed by atoms with Crippen LogP contribution in [0.3, 0.4) is 0 Å². The highest BCUT2D eigenvalue weighted by atomic mass is 16.3. The van der Waals surface area contributed by atoms with E-state index < -0.39 is 0 Å². The summed E-state index contributed by atoms with van der Waals surface area (Å²) in [7, 11) is 2.12.